The van der Waals surface area contributed by atoms with E-state index in [-0.39, 0.29) is 0 Å². The third kappa shape index (κ3) is 2.56. The molecule has 0 unspecified atom stereocenters. The Morgan fingerprint density at radius 2 is 2.17 bits per heavy atom. The highest BCUT2D eigenvalue weighted by Gasteiger charge is 2.19. The highest BCUT2D eigenvalue weighted by molar-refractivity contribution is 5.81. The summed E-state index contributed by atoms with van der Waals surface area (Å²) < 4.78 is 1.97. The summed E-state index contributed by atoms with van der Waals surface area (Å²) in [7, 11) is 2.01. The molecule has 3 heteroatoms. The third-order valence-electron chi connectivity index (χ3n) is 3.79. The molecule has 1 saturated carbocycles. The maximum atomic E-state index is 4.59. The number of aromatic nitrogens is 2. The second-order valence-corrected chi connectivity index (χ2v) is 5.35. The number of benzene rings is 1. The first-order valence-electron chi connectivity index (χ1n) is 6.96. The molecule has 1 heterocycles. The van der Waals surface area contributed by atoms with E-state index in [0.717, 1.165) is 19.0 Å². The molecule has 2 aromatic rings. The van der Waals surface area contributed by atoms with Crippen LogP contribution < -0.4 is 5.32 Å². The van der Waals surface area contributed by atoms with Crippen LogP contribution in [0.5, 0.6) is 0 Å². The lowest BCUT2D eigenvalue weighted by Crippen LogP contribution is -2.15. The molecule has 0 radical (unpaired) electrons. The SMILES string of the molecule is Cn1nc(CNCCCC2CC2)c2ccccc21. The maximum Gasteiger partial charge on any atom is 0.0841 e. The van der Waals surface area contributed by atoms with E-state index in [1.807, 2.05) is 11.7 Å². The van der Waals surface area contributed by atoms with Crippen LogP contribution in [0.4, 0.5) is 0 Å². The van der Waals surface area contributed by atoms with E-state index in [9.17, 15) is 0 Å². The summed E-state index contributed by atoms with van der Waals surface area (Å²) >= 11 is 0. The Kier molecular flexibility index (Phi) is 3.33. The van der Waals surface area contributed by atoms with Crippen LogP contribution in [-0.2, 0) is 13.6 Å². The van der Waals surface area contributed by atoms with Crippen molar-refractivity contribution in [3.8, 4) is 0 Å². The van der Waals surface area contributed by atoms with Gasteiger partial charge in [-0.15, -0.1) is 0 Å². The lowest BCUT2D eigenvalue weighted by atomic mass is 10.2. The zero-order valence-corrected chi connectivity index (χ0v) is 11.0. The van der Waals surface area contributed by atoms with Gasteiger partial charge in [-0.25, -0.2) is 0 Å². The van der Waals surface area contributed by atoms with Gasteiger partial charge in [-0.2, -0.15) is 5.10 Å². The van der Waals surface area contributed by atoms with Crippen LogP contribution in [-0.4, -0.2) is 16.3 Å². The average Bonchev–Trinajstić information content (AvgIpc) is 3.16. The van der Waals surface area contributed by atoms with Crippen molar-refractivity contribution in [3.63, 3.8) is 0 Å². The van der Waals surface area contributed by atoms with E-state index in [4.69, 9.17) is 0 Å². The molecule has 1 aromatic heterocycles. The van der Waals surface area contributed by atoms with E-state index >= 15 is 0 Å². The topological polar surface area (TPSA) is 29.9 Å². The van der Waals surface area contributed by atoms with Gasteiger partial charge in [0.25, 0.3) is 0 Å². The van der Waals surface area contributed by atoms with Crippen LogP contribution in [0, 0.1) is 5.92 Å². The van der Waals surface area contributed by atoms with Crippen LogP contribution in [0.25, 0.3) is 10.9 Å². The van der Waals surface area contributed by atoms with Crippen LogP contribution in [0.1, 0.15) is 31.4 Å². The Morgan fingerprint density at radius 1 is 1.33 bits per heavy atom. The molecule has 1 aliphatic carbocycles. The fraction of sp³-hybridized carbons (Fsp3) is 0.533. The van der Waals surface area contributed by atoms with Crippen molar-refractivity contribution in [2.75, 3.05) is 6.54 Å². The number of aryl methyl sites for hydroxylation is 1. The summed E-state index contributed by atoms with van der Waals surface area (Å²) in [5.41, 5.74) is 2.38. The van der Waals surface area contributed by atoms with Crippen LogP contribution in [0.15, 0.2) is 24.3 Å². The molecule has 1 N–H and O–H groups in total. The van der Waals surface area contributed by atoms with Crippen molar-refractivity contribution in [2.24, 2.45) is 13.0 Å². The van der Waals surface area contributed by atoms with Gasteiger partial charge in [-0.3, -0.25) is 4.68 Å². The van der Waals surface area contributed by atoms with Gasteiger partial charge < -0.3 is 5.32 Å². The molecule has 0 saturated heterocycles. The van der Waals surface area contributed by atoms with Crippen molar-refractivity contribution in [1.29, 1.82) is 0 Å². The van der Waals surface area contributed by atoms with Crippen molar-refractivity contribution in [3.05, 3.63) is 30.0 Å². The standard InChI is InChI=1S/C15H21N3/c1-18-15-7-3-2-6-13(15)14(17-18)11-16-10-4-5-12-8-9-12/h2-3,6-7,12,16H,4-5,8-11H2,1H3. The van der Waals surface area contributed by atoms with Crippen molar-refractivity contribution < 1.29 is 0 Å². The van der Waals surface area contributed by atoms with Gasteiger partial charge in [0, 0.05) is 19.0 Å². The minimum absolute atomic E-state index is 0.881. The molecule has 0 spiro atoms. The number of fused-ring (bicyclic) bond motifs is 1. The quantitative estimate of drug-likeness (QED) is 0.791. The van der Waals surface area contributed by atoms with Crippen LogP contribution in [0.3, 0.4) is 0 Å². The van der Waals surface area contributed by atoms with E-state index in [1.54, 1.807) is 0 Å². The fourth-order valence-corrected chi connectivity index (χ4v) is 2.55. The normalized spacial score (nSPS) is 15.4. The molecule has 3 nitrogen and oxygen atoms in total. The third-order valence-corrected chi connectivity index (χ3v) is 3.79. The largest absolute Gasteiger partial charge is 0.311 e. The minimum atomic E-state index is 0.881. The fourth-order valence-electron chi connectivity index (χ4n) is 2.55. The number of hydrogen-bond acceptors (Lipinski definition) is 2. The van der Waals surface area contributed by atoms with E-state index in [2.05, 4.69) is 34.7 Å². The van der Waals surface area contributed by atoms with Crippen molar-refractivity contribution >= 4 is 10.9 Å². The number of rotatable bonds is 6. The van der Waals surface area contributed by atoms with Crippen LogP contribution in [0.2, 0.25) is 0 Å². The highest BCUT2D eigenvalue weighted by Crippen LogP contribution is 2.33. The predicted molar refractivity (Wildman–Crippen MR) is 74.4 cm³/mol. The van der Waals surface area contributed by atoms with Gasteiger partial charge in [0.05, 0.1) is 11.2 Å². The molecular weight excluding hydrogens is 222 g/mol. The lowest BCUT2D eigenvalue weighted by Gasteiger charge is -2.02. The van der Waals surface area contributed by atoms with Crippen molar-refractivity contribution in [1.82, 2.24) is 15.1 Å². The van der Waals surface area contributed by atoms with E-state index < -0.39 is 0 Å². The molecule has 18 heavy (non-hydrogen) atoms. The van der Waals surface area contributed by atoms with Gasteiger partial charge >= 0.3 is 0 Å². The van der Waals surface area contributed by atoms with Crippen molar-refractivity contribution in [2.45, 2.75) is 32.2 Å². The molecule has 3 rings (SSSR count). The first-order valence-corrected chi connectivity index (χ1v) is 6.96. The smallest absolute Gasteiger partial charge is 0.0841 e. The second-order valence-electron chi connectivity index (χ2n) is 5.35. The Labute approximate surface area is 108 Å². The summed E-state index contributed by atoms with van der Waals surface area (Å²) in [5, 5.41) is 9.38. The zero-order valence-electron chi connectivity index (χ0n) is 11.0. The monoisotopic (exact) mass is 243 g/mol. The molecule has 1 aromatic carbocycles. The van der Waals surface area contributed by atoms with E-state index in [0.29, 0.717) is 0 Å². The minimum Gasteiger partial charge on any atom is -0.311 e. The highest BCUT2D eigenvalue weighted by atomic mass is 15.3. The number of nitrogens with one attached hydrogen (secondary N) is 1. The molecule has 96 valence electrons. The lowest BCUT2D eigenvalue weighted by molar-refractivity contribution is 0.586. The Hall–Kier alpha value is -1.35. The number of hydrogen-bond donors (Lipinski definition) is 1. The Balaban J connectivity index is 1.56. The predicted octanol–water partition coefficient (Wildman–Crippen LogP) is 2.85. The molecule has 0 atom stereocenters. The van der Waals surface area contributed by atoms with Gasteiger partial charge in [-0.1, -0.05) is 31.0 Å². The maximum absolute atomic E-state index is 4.59. The first-order chi connectivity index (χ1) is 8.84. The number of nitrogens with zero attached hydrogens (tertiary/aromatic N) is 2. The van der Waals surface area contributed by atoms with Crippen LogP contribution >= 0.6 is 0 Å². The van der Waals surface area contributed by atoms with Gasteiger partial charge in [-0.05, 0) is 31.4 Å². The molecule has 0 amide bonds. The zero-order chi connectivity index (χ0) is 12.4. The average molecular weight is 243 g/mol. The van der Waals surface area contributed by atoms with Gasteiger partial charge in [0.2, 0.25) is 0 Å². The molecule has 0 bridgehead atoms. The summed E-state index contributed by atoms with van der Waals surface area (Å²) in [5.74, 6) is 1.04. The summed E-state index contributed by atoms with van der Waals surface area (Å²) in [6.45, 7) is 1.99. The Bertz CT molecular complexity index is 526. The first kappa shape index (κ1) is 11.7. The van der Waals surface area contributed by atoms with Gasteiger partial charge in [0.15, 0.2) is 0 Å². The molecule has 1 aliphatic rings. The summed E-state index contributed by atoms with van der Waals surface area (Å²) in [6.07, 6.45) is 5.63. The van der Waals surface area contributed by atoms with E-state index in [1.165, 1.54) is 42.3 Å². The summed E-state index contributed by atoms with van der Waals surface area (Å²) in [6, 6.07) is 8.43. The Morgan fingerprint density at radius 3 is 3.00 bits per heavy atom. The molecule has 1 fully saturated rings. The second kappa shape index (κ2) is 5.11. The summed E-state index contributed by atoms with van der Waals surface area (Å²) in [4.78, 5) is 0. The van der Waals surface area contributed by atoms with Gasteiger partial charge in [0.1, 0.15) is 0 Å². The molecule has 0 aliphatic heterocycles. The molecular formula is C15H21N3. The number of para-hydroxylation sites is 1.